The Morgan fingerprint density at radius 2 is 1.59 bits per heavy atom. The van der Waals surface area contributed by atoms with Crippen LogP contribution in [0.1, 0.15) is 41.9 Å². The van der Waals surface area contributed by atoms with Crippen molar-refractivity contribution < 1.29 is 0 Å². The average Bonchev–Trinajstić information content (AvgIpc) is 2.69. The molecule has 0 spiro atoms. The molecule has 2 aromatic carbocycles. The third-order valence-corrected chi connectivity index (χ3v) is 4.29. The SMILES string of the molecule is CC1CC(c2ccc(Br)cc2)c2ccccc21. The average molecular weight is 287 g/mol. The van der Waals surface area contributed by atoms with Gasteiger partial charge in [0.25, 0.3) is 0 Å². The van der Waals surface area contributed by atoms with Crippen LogP contribution in [0, 0.1) is 0 Å². The first-order chi connectivity index (χ1) is 8.25. The lowest BCUT2D eigenvalue weighted by Crippen LogP contribution is -1.95. The second-order valence-corrected chi connectivity index (χ2v) is 5.79. The third kappa shape index (κ3) is 1.93. The van der Waals surface area contributed by atoms with Crippen molar-refractivity contribution in [1.82, 2.24) is 0 Å². The van der Waals surface area contributed by atoms with Crippen molar-refractivity contribution >= 4 is 15.9 Å². The molecule has 1 aliphatic rings. The molecule has 0 heterocycles. The van der Waals surface area contributed by atoms with Crippen molar-refractivity contribution in [3.05, 3.63) is 69.7 Å². The molecule has 0 saturated carbocycles. The topological polar surface area (TPSA) is 0 Å². The van der Waals surface area contributed by atoms with Crippen LogP contribution in [0.3, 0.4) is 0 Å². The Labute approximate surface area is 111 Å². The van der Waals surface area contributed by atoms with Crippen LogP contribution < -0.4 is 0 Å². The van der Waals surface area contributed by atoms with Crippen LogP contribution in [0.2, 0.25) is 0 Å². The molecular formula is C16H15Br. The van der Waals surface area contributed by atoms with E-state index in [1.54, 1.807) is 0 Å². The maximum absolute atomic E-state index is 3.50. The first-order valence-electron chi connectivity index (χ1n) is 6.10. The molecule has 3 rings (SSSR count). The maximum Gasteiger partial charge on any atom is 0.0175 e. The minimum Gasteiger partial charge on any atom is -0.0620 e. The Morgan fingerprint density at radius 3 is 2.29 bits per heavy atom. The van der Waals surface area contributed by atoms with Crippen LogP contribution in [-0.2, 0) is 0 Å². The summed E-state index contributed by atoms with van der Waals surface area (Å²) < 4.78 is 1.15. The molecule has 0 fully saturated rings. The van der Waals surface area contributed by atoms with E-state index in [-0.39, 0.29) is 0 Å². The lowest BCUT2D eigenvalue weighted by molar-refractivity contribution is 0.686. The highest BCUT2D eigenvalue weighted by molar-refractivity contribution is 9.10. The van der Waals surface area contributed by atoms with Crippen LogP contribution in [-0.4, -0.2) is 0 Å². The standard InChI is InChI=1S/C16H15Br/c1-11-10-16(12-6-8-13(17)9-7-12)15-5-3-2-4-14(11)15/h2-9,11,16H,10H2,1H3. The second kappa shape index (κ2) is 4.30. The summed E-state index contributed by atoms with van der Waals surface area (Å²) in [5, 5.41) is 0. The summed E-state index contributed by atoms with van der Waals surface area (Å²) in [5.41, 5.74) is 4.48. The highest BCUT2D eigenvalue weighted by atomic mass is 79.9. The van der Waals surface area contributed by atoms with Crippen molar-refractivity contribution in [3.8, 4) is 0 Å². The first kappa shape index (κ1) is 11.0. The molecule has 17 heavy (non-hydrogen) atoms. The molecule has 0 nitrogen and oxygen atoms in total. The lowest BCUT2D eigenvalue weighted by atomic mass is 9.93. The number of hydrogen-bond acceptors (Lipinski definition) is 0. The van der Waals surface area contributed by atoms with E-state index >= 15 is 0 Å². The molecule has 2 unspecified atom stereocenters. The van der Waals surface area contributed by atoms with Crippen molar-refractivity contribution in [2.75, 3.05) is 0 Å². The number of fused-ring (bicyclic) bond motifs is 1. The summed E-state index contributed by atoms with van der Waals surface area (Å²) in [6, 6.07) is 17.6. The summed E-state index contributed by atoms with van der Waals surface area (Å²) in [5.74, 6) is 1.26. The van der Waals surface area contributed by atoms with Gasteiger partial charge in [-0.3, -0.25) is 0 Å². The minimum atomic E-state index is 0.578. The normalized spacial score (nSPS) is 22.5. The van der Waals surface area contributed by atoms with E-state index in [9.17, 15) is 0 Å². The van der Waals surface area contributed by atoms with Gasteiger partial charge in [-0.2, -0.15) is 0 Å². The Morgan fingerprint density at radius 1 is 0.941 bits per heavy atom. The Hall–Kier alpha value is -1.08. The molecule has 2 atom stereocenters. The van der Waals surface area contributed by atoms with Crippen LogP contribution in [0.5, 0.6) is 0 Å². The van der Waals surface area contributed by atoms with E-state index in [1.807, 2.05) is 0 Å². The van der Waals surface area contributed by atoms with Gasteiger partial charge in [0.1, 0.15) is 0 Å². The van der Waals surface area contributed by atoms with Crippen molar-refractivity contribution in [1.29, 1.82) is 0 Å². The van der Waals surface area contributed by atoms with Gasteiger partial charge in [0, 0.05) is 10.4 Å². The zero-order chi connectivity index (χ0) is 11.8. The van der Waals surface area contributed by atoms with Crippen LogP contribution >= 0.6 is 15.9 Å². The fourth-order valence-electron chi connectivity index (χ4n) is 2.90. The zero-order valence-electron chi connectivity index (χ0n) is 9.86. The Kier molecular flexibility index (Phi) is 2.79. The Balaban J connectivity index is 2.04. The maximum atomic E-state index is 3.50. The van der Waals surface area contributed by atoms with Crippen molar-refractivity contribution in [2.45, 2.75) is 25.2 Å². The van der Waals surface area contributed by atoms with Crippen LogP contribution in [0.4, 0.5) is 0 Å². The van der Waals surface area contributed by atoms with Gasteiger partial charge < -0.3 is 0 Å². The predicted octanol–water partition coefficient (Wildman–Crippen LogP) is 5.09. The van der Waals surface area contributed by atoms with E-state index in [2.05, 4.69) is 71.4 Å². The Bertz CT molecular complexity index is 527. The van der Waals surface area contributed by atoms with Gasteiger partial charge in [0.05, 0.1) is 0 Å². The van der Waals surface area contributed by atoms with Crippen LogP contribution in [0.15, 0.2) is 53.0 Å². The molecular weight excluding hydrogens is 272 g/mol. The lowest BCUT2D eigenvalue weighted by Gasteiger charge is -2.12. The quantitative estimate of drug-likeness (QED) is 0.685. The van der Waals surface area contributed by atoms with Gasteiger partial charge in [-0.1, -0.05) is 59.3 Å². The molecule has 86 valence electrons. The minimum absolute atomic E-state index is 0.578. The molecule has 1 heteroatoms. The molecule has 0 radical (unpaired) electrons. The summed E-state index contributed by atoms with van der Waals surface area (Å²) in [7, 11) is 0. The summed E-state index contributed by atoms with van der Waals surface area (Å²) in [4.78, 5) is 0. The highest BCUT2D eigenvalue weighted by Crippen LogP contribution is 2.44. The van der Waals surface area contributed by atoms with Gasteiger partial charge in [-0.15, -0.1) is 0 Å². The van der Waals surface area contributed by atoms with Gasteiger partial charge in [-0.05, 0) is 41.2 Å². The largest absolute Gasteiger partial charge is 0.0620 e. The van der Waals surface area contributed by atoms with Crippen molar-refractivity contribution in [2.24, 2.45) is 0 Å². The number of halogens is 1. The summed E-state index contributed by atoms with van der Waals surface area (Å²) in [6.45, 7) is 2.33. The van der Waals surface area contributed by atoms with Gasteiger partial charge in [0.15, 0.2) is 0 Å². The van der Waals surface area contributed by atoms with Gasteiger partial charge in [-0.25, -0.2) is 0 Å². The highest BCUT2D eigenvalue weighted by Gasteiger charge is 2.28. The molecule has 0 N–H and O–H groups in total. The van der Waals surface area contributed by atoms with E-state index in [0.29, 0.717) is 11.8 Å². The predicted molar refractivity (Wildman–Crippen MR) is 75.5 cm³/mol. The van der Waals surface area contributed by atoms with Crippen molar-refractivity contribution in [3.63, 3.8) is 0 Å². The summed E-state index contributed by atoms with van der Waals surface area (Å²) in [6.07, 6.45) is 1.24. The monoisotopic (exact) mass is 286 g/mol. The molecule has 0 aliphatic heterocycles. The molecule has 0 saturated heterocycles. The first-order valence-corrected chi connectivity index (χ1v) is 6.89. The van der Waals surface area contributed by atoms with E-state index in [1.165, 1.54) is 23.1 Å². The molecule has 1 aliphatic carbocycles. The third-order valence-electron chi connectivity index (χ3n) is 3.76. The van der Waals surface area contributed by atoms with Gasteiger partial charge >= 0.3 is 0 Å². The second-order valence-electron chi connectivity index (χ2n) is 4.87. The van der Waals surface area contributed by atoms with Crippen LogP contribution in [0.25, 0.3) is 0 Å². The molecule has 2 aromatic rings. The van der Waals surface area contributed by atoms with E-state index < -0.39 is 0 Å². The smallest absolute Gasteiger partial charge is 0.0175 e. The fourth-order valence-corrected chi connectivity index (χ4v) is 3.16. The van der Waals surface area contributed by atoms with E-state index in [4.69, 9.17) is 0 Å². The molecule has 0 bridgehead atoms. The molecule has 0 amide bonds. The molecule has 0 aromatic heterocycles. The summed E-state index contributed by atoms with van der Waals surface area (Å²) >= 11 is 3.50. The number of hydrogen-bond donors (Lipinski definition) is 0. The fraction of sp³-hybridized carbons (Fsp3) is 0.250. The zero-order valence-corrected chi connectivity index (χ0v) is 11.4. The number of benzene rings is 2. The van der Waals surface area contributed by atoms with Gasteiger partial charge in [0.2, 0.25) is 0 Å². The van der Waals surface area contributed by atoms with E-state index in [0.717, 1.165) is 4.47 Å². The number of rotatable bonds is 1.